The summed E-state index contributed by atoms with van der Waals surface area (Å²) in [5.41, 5.74) is -0.722. The first-order valence-electron chi connectivity index (χ1n) is 15.0. The molecular formula is C33H37ClF3N3O4S. The quantitative estimate of drug-likeness (QED) is 0.230. The van der Waals surface area contributed by atoms with Gasteiger partial charge in [0.2, 0.25) is 11.8 Å². The summed E-state index contributed by atoms with van der Waals surface area (Å²) in [6.45, 7) is 0.964. The standard InChI is InChI=1S/C33H37ClF3N3O4S/c1-2-29(32(42)38-26-14-8-4-9-15-26)39(21-20-24-12-6-3-7-13-24)31(41)23-40(45(43,44)27-16-10-5-11-17-27)30-22-25(33(35,36)37)18-19-28(30)34/h3,5-7,10-13,16-19,22,26,29H,2,4,8-9,14-15,20-21,23H2,1H3,(H,38,42). The summed E-state index contributed by atoms with van der Waals surface area (Å²) >= 11 is 6.33. The van der Waals surface area contributed by atoms with Crippen molar-refractivity contribution in [1.82, 2.24) is 10.2 Å². The zero-order chi connectivity index (χ0) is 32.6. The van der Waals surface area contributed by atoms with Crippen molar-refractivity contribution in [2.75, 3.05) is 17.4 Å². The lowest BCUT2D eigenvalue weighted by molar-refractivity contribution is -0.140. The van der Waals surface area contributed by atoms with Crippen LogP contribution in [0.2, 0.25) is 5.02 Å². The lowest BCUT2D eigenvalue weighted by atomic mass is 9.95. The van der Waals surface area contributed by atoms with Gasteiger partial charge in [-0.25, -0.2) is 8.42 Å². The van der Waals surface area contributed by atoms with E-state index in [-0.39, 0.29) is 34.8 Å². The summed E-state index contributed by atoms with van der Waals surface area (Å²) in [6, 6.07) is 17.8. The molecule has 1 atom stereocenters. The molecule has 1 aliphatic carbocycles. The smallest absolute Gasteiger partial charge is 0.352 e. The van der Waals surface area contributed by atoms with Crippen LogP contribution in [0.3, 0.4) is 0 Å². The number of amides is 2. The van der Waals surface area contributed by atoms with Crippen LogP contribution in [0.1, 0.15) is 56.6 Å². The van der Waals surface area contributed by atoms with Gasteiger partial charge in [-0.3, -0.25) is 13.9 Å². The van der Waals surface area contributed by atoms with Crippen LogP contribution in [0.4, 0.5) is 18.9 Å². The molecule has 242 valence electrons. The summed E-state index contributed by atoms with van der Waals surface area (Å²) in [7, 11) is -4.58. The van der Waals surface area contributed by atoms with Gasteiger partial charge in [0.15, 0.2) is 0 Å². The first-order chi connectivity index (χ1) is 21.4. The van der Waals surface area contributed by atoms with E-state index in [2.05, 4.69) is 5.32 Å². The number of carbonyl (C=O) groups excluding carboxylic acids is 2. The van der Waals surface area contributed by atoms with Gasteiger partial charge in [-0.2, -0.15) is 13.2 Å². The van der Waals surface area contributed by atoms with Crippen molar-refractivity contribution >= 4 is 39.1 Å². The van der Waals surface area contributed by atoms with Crippen molar-refractivity contribution in [2.24, 2.45) is 0 Å². The average molecular weight is 664 g/mol. The predicted molar refractivity (Wildman–Crippen MR) is 168 cm³/mol. The average Bonchev–Trinajstić information content (AvgIpc) is 3.03. The van der Waals surface area contributed by atoms with E-state index in [9.17, 15) is 31.2 Å². The third-order valence-corrected chi connectivity index (χ3v) is 10.1. The van der Waals surface area contributed by atoms with Crippen LogP contribution in [0.5, 0.6) is 0 Å². The van der Waals surface area contributed by atoms with Crippen molar-refractivity contribution in [3.63, 3.8) is 0 Å². The highest BCUT2D eigenvalue weighted by molar-refractivity contribution is 7.92. The summed E-state index contributed by atoms with van der Waals surface area (Å²) in [5.74, 6) is -1.09. The van der Waals surface area contributed by atoms with E-state index in [0.29, 0.717) is 16.8 Å². The molecule has 3 aromatic rings. The van der Waals surface area contributed by atoms with Crippen molar-refractivity contribution < 1.29 is 31.2 Å². The second-order valence-electron chi connectivity index (χ2n) is 11.1. The van der Waals surface area contributed by atoms with E-state index in [0.717, 1.165) is 49.8 Å². The van der Waals surface area contributed by atoms with Crippen molar-refractivity contribution in [1.29, 1.82) is 0 Å². The van der Waals surface area contributed by atoms with E-state index < -0.39 is 45.9 Å². The Balaban J connectivity index is 1.74. The molecular weight excluding hydrogens is 627 g/mol. The number of nitrogens with one attached hydrogen (secondary N) is 1. The van der Waals surface area contributed by atoms with Gasteiger partial charge in [-0.15, -0.1) is 0 Å². The van der Waals surface area contributed by atoms with Crippen LogP contribution in [-0.2, 0) is 32.2 Å². The summed E-state index contributed by atoms with van der Waals surface area (Å²) in [4.78, 5) is 28.9. The largest absolute Gasteiger partial charge is 0.416 e. The molecule has 12 heteroatoms. The highest BCUT2D eigenvalue weighted by Crippen LogP contribution is 2.37. The zero-order valence-electron chi connectivity index (χ0n) is 25.0. The zero-order valence-corrected chi connectivity index (χ0v) is 26.5. The normalized spacial score (nSPS) is 14.9. The number of halogens is 4. The van der Waals surface area contributed by atoms with Crippen LogP contribution in [0.15, 0.2) is 83.8 Å². The number of nitrogens with zero attached hydrogens (tertiary/aromatic N) is 2. The molecule has 2 amide bonds. The van der Waals surface area contributed by atoms with Gasteiger partial charge in [0, 0.05) is 12.6 Å². The molecule has 7 nitrogen and oxygen atoms in total. The second kappa shape index (κ2) is 15.1. The van der Waals surface area contributed by atoms with E-state index >= 15 is 0 Å². The number of alkyl halides is 3. The van der Waals surface area contributed by atoms with Crippen LogP contribution in [0, 0.1) is 0 Å². The van der Waals surface area contributed by atoms with E-state index in [1.54, 1.807) is 13.0 Å². The van der Waals surface area contributed by atoms with E-state index in [4.69, 9.17) is 11.6 Å². The minimum absolute atomic E-state index is 0.0229. The third kappa shape index (κ3) is 8.79. The summed E-state index contributed by atoms with van der Waals surface area (Å²) in [5, 5.41) is 2.78. The van der Waals surface area contributed by atoms with Gasteiger partial charge in [-0.05, 0) is 61.6 Å². The molecule has 0 heterocycles. The highest BCUT2D eigenvalue weighted by atomic mass is 35.5. The predicted octanol–water partition coefficient (Wildman–Crippen LogP) is 6.85. The first-order valence-corrected chi connectivity index (χ1v) is 16.8. The number of rotatable bonds is 12. The Morgan fingerprint density at radius 3 is 2.18 bits per heavy atom. The van der Waals surface area contributed by atoms with Gasteiger partial charge in [0.1, 0.15) is 12.6 Å². The molecule has 1 saturated carbocycles. The Morgan fingerprint density at radius 1 is 0.956 bits per heavy atom. The fraction of sp³-hybridized carbons (Fsp3) is 0.394. The Morgan fingerprint density at radius 2 is 1.58 bits per heavy atom. The first kappa shape index (κ1) is 34.3. The molecule has 3 aromatic carbocycles. The van der Waals surface area contributed by atoms with Crippen molar-refractivity contribution in [3.05, 3.63) is 95.0 Å². The lowest BCUT2D eigenvalue weighted by Gasteiger charge is -2.34. The Hall–Kier alpha value is -3.57. The number of sulfonamides is 1. The van der Waals surface area contributed by atoms with Crippen LogP contribution < -0.4 is 9.62 Å². The highest BCUT2D eigenvalue weighted by Gasteiger charge is 2.37. The van der Waals surface area contributed by atoms with Gasteiger partial charge < -0.3 is 10.2 Å². The van der Waals surface area contributed by atoms with Gasteiger partial charge in [-0.1, -0.05) is 86.3 Å². The van der Waals surface area contributed by atoms with Crippen molar-refractivity contribution in [2.45, 2.75) is 75.0 Å². The number of carbonyl (C=O) groups is 2. The minimum Gasteiger partial charge on any atom is -0.352 e. The number of hydrogen-bond acceptors (Lipinski definition) is 4. The van der Waals surface area contributed by atoms with Gasteiger partial charge >= 0.3 is 6.18 Å². The molecule has 0 radical (unpaired) electrons. The summed E-state index contributed by atoms with van der Waals surface area (Å²) in [6.07, 6.45) is 0.552. The molecule has 0 bridgehead atoms. The molecule has 0 spiro atoms. The fourth-order valence-electron chi connectivity index (χ4n) is 5.55. The number of anilines is 1. The molecule has 0 saturated heterocycles. The van der Waals surface area contributed by atoms with Crippen molar-refractivity contribution in [3.8, 4) is 0 Å². The topological polar surface area (TPSA) is 86.8 Å². The summed E-state index contributed by atoms with van der Waals surface area (Å²) < 4.78 is 69.7. The maximum absolute atomic E-state index is 14.2. The molecule has 1 unspecified atom stereocenters. The third-order valence-electron chi connectivity index (χ3n) is 7.97. The van der Waals surface area contributed by atoms with Gasteiger partial charge in [0.25, 0.3) is 10.0 Å². The molecule has 1 fully saturated rings. The molecule has 0 aromatic heterocycles. The minimum atomic E-state index is -4.79. The van der Waals surface area contributed by atoms with Crippen LogP contribution in [0.25, 0.3) is 0 Å². The fourth-order valence-corrected chi connectivity index (χ4v) is 7.27. The maximum atomic E-state index is 14.2. The monoisotopic (exact) mass is 663 g/mol. The SMILES string of the molecule is CCC(C(=O)NC1CCCCC1)N(CCc1ccccc1)C(=O)CN(c1cc(C(F)(F)F)ccc1Cl)S(=O)(=O)c1ccccc1. The Bertz CT molecular complexity index is 1550. The number of benzene rings is 3. The van der Waals surface area contributed by atoms with E-state index in [1.807, 2.05) is 30.3 Å². The molecule has 1 aliphatic rings. The second-order valence-corrected chi connectivity index (χ2v) is 13.3. The molecule has 0 aliphatic heterocycles. The lowest BCUT2D eigenvalue weighted by Crippen LogP contribution is -2.54. The Labute approximate surface area is 267 Å². The van der Waals surface area contributed by atoms with E-state index in [1.165, 1.54) is 29.2 Å². The van der Waals surface area contributed by atoms with Crippen LogP contribution in [-0.4, -0.2) is 50.3 Å². The maximum Gasteiger partial charge on any atom is 0.416 e. The van der Waals surface area contributed by atoms with Gasteiger partial charge in [0.05, 0.1) is 21.2 Å². The molecule has 1 N–H and O–H groups in total. The van der Waals surface area contributed by atoms with Crippen LogP contribution >= 0.6 is 11.6 Å². The molecule has 4 rings (SSSR count). The number of hydrogen-bond donors (Lipinski definition) is 1. The molecule has 45 heavy (non-hydrogen) atoms. The Kier molecular flexibility index (Phi) is 11.5.